The first-order chi connectivity index (χ1) is 13.9. The number of aryl methyl sites for hydroxylation is 1. The van der Waals surface area contributed by atoms with E-state index < -0.39 is 12.0 Å². The Kier molecular flexibility index (Phi) is 5.53. The highest BCUT2D eigenvalue weighted by molar-refractivity contribution is 7.17. The molecule has 1 unspecified atom stereocenters. The smallest absolute Gasteiger partial charge is 0.320 e. The number of carboxylic acids is 1. The summed E-state index contributed by atoms with van der Waals surface area (Å²) in [6.45, 7) is 4.31. The molecule has 10 heteroatoms. The van der Waals surface area contributed by atoms with Crippen molar-refractivity contribution in [3.05, 3.63) is 40.7 Å². The van der Waals surface area contributed by atoms with Gasteiger partial charge in [-0.15, -0.1) is 10.2 Å². The molecule has 1 aromatic carbocycles. The minimum Gasteiger partial charge on any atom is -0.489 e. The SMILES string of the molecule is CC(C)Oc1ccc(-c2nnc(-n3cc4c(n3)CNC(C(=O)O)CC4)s2)cc1Cl. The van der Waals surface area contributed by atoms with Gasteiger partial charge in [0.15, 0.2) is 0 Å². The van der Waals surface area contributed by atoms with Gasteiger partial charge in [-0.25, -0.2) is 4.68 Å². The Labute approximate surface area is 176 Å². The molecular weight excluding hydrogens is 414 g/mol. The van der Waals surface area contributed by atoms with Crippen LogP contribution in [0.5, 0.6) is 5.75 Å². The minimum absolute atomic E-state index is 0.0433. The Morgan fingerprint density at radius 2 is 2.24 bits per heavy atom. The van der Waals surface area contributed by atoms with E-state index >= 15 is 0 Å². The number of fused-ring (bicyclic) bond motifs is 1. The van der Waals surface area contributed by atoms with Crippen LogP contribution >= 0.6 is 22.9 Å². The number of benzene rings is 1. The van der Waals surface area contributed by atoms with Crippen molar-refractivity contribution in [2.75, 3.05) is 0 Å². The second-order valence-electron chi connectivity index (χ2n) is 7.06. The van der Waals surface area contributed by atoms with Crippen molar-refractivity contribution in [1.29, 1.82) is 0 Å². The molecule has 2 aromatic heterocycles. The third-order valence-electron chi connectivity index (χ3n) is 4.55. The zero-order valence-electron chi connectivity index (χ0n) is 15.9. The summed E-state index contributed by atoms with van der Waals surface area (Å²) in [7, 11) is 0. The second-order valence-corrected chi connectivity index (χ2v) is 8.42. The molecule has 0 bridgehead atoms. The van der Waals surface area contributed by atoms with Gasteiger partial charge in [-0.2, -0.15) is 5.10 Å². The first kappa shape index (κ1) is 19.8. The van der Waals surface area contributed by atoms with E-state index in [1.165, 1.54) is 11.3 Å². The maximum Gasteiger partial charge on any atom is 0.320 e. The summed E-state index contributed by atoms with van der Waals surface area (Å²) < 4.78 is 7.37. The molecule has 2 N–H and O–H groups in total. The van der Waals surface area contributed by atoms with Gasteiger partial charge in [-0.1, -0.05) is 22.9 Å². The Morgan fingerprint density at radius 1 is 1.41 bits per heavy atom. The van der Waals surface area contributed by atoms with Crippen LogP contribution in [0.15, 0.2) is 24.4 Å². The average molecular weight is 434 g/mol. The maximum absolute atomic E-state index is 11.2. The summed E-state index contributed by atoms with van der Waals surface area (Å²) in [5, 5.41) is 27.2. The average Bonchev–Trinajstić information content (AvgIpc) is 3.26. The van der Waals surface area contributed by atoms with Crippen LogP contribution in [-0.4, -0.2) is 43.2 Å². The van der Waals surface area contributed by atoms with Crippen LogP contribution in [0.4, 0.5) is 0 Å². The van der Waals surface area contributed by atoms with Crippen LogP contribution in [0.2, 0.25) is 5.02 Å². The lowest BCUT2D eigenvalue weighted by Gasteiger charge is -2.11. The summed E-state index contributed by atoms with van der Waals surface area (Å²) in [4.78, 5) is 11.2. The number of halogens is 1. The van der Waals surface area contributed by atoms with Gasteiger partial charge in [-0.05, 0) is 50.5 Å². The number of nitrogens with zero attached hydrogens (tertiary/aromatic N) is 4. The number of hydrogen-bond acceptors (Lipinski definition) is 7. The summed E-state index contributed by atoms with van der Waals surface area (Å²) in [5.41, 5.74) is 2.72. The summed E-state index contributed by atoms with van der Waals surface area (Å²) in [6.07, 6.45) is 3.12. The molecule has 3 aromatic rings. The Morgan fingerprint density at radius 3 is 2.97 bits per heavy atom. The molecule has 0 radical (unpaired) electrons. The largest absolute Gasteiger partial charge is 0.489 e. The highest BCUT2D eigenvalue weighted by Gasteiger charge is 2.24. The van der Waals surface area contributed by atoms with Crippen LogP contribution in [0.3, 0.4) is 0 Å². The van der Waals surface area contributed by atoms with Gasteiger partial charge in [-0.3, -0.25) is 10.1 Å². The van der Waals surface area contributed by atoms with Gasteiger partial charge >= 0.3 is 5.97 Å². The highest BCUT2D eigenvalue weighted by atomic mass is 35.5. The van der Waals surface area contributed by atoms with Crippen molar-refractivity contribution in [3.63, 3.8) is 0 Å². The normalized spacial score (nSPS) is 16.5. The van der Waals surface area contributed by atoms with Crippen LogP contribution < -0.4 is 10.1 Å². The molecular formula is C19H20ClN5O3S. The molecule has 0 spiro atoms. The monoisotopic (exact) mass is 433 g/mol. The molecule has 0 saturated heterocycles. The van der Waals surface area contributed by atoms with Gasteiger partial charge in [0.05, 0.1) is 16.8 Å². The van der Waals surface area contributed by atoms with Gasteiger partial charge < -0.3 is 9.84 Å². The fourth-order valence-electron chi connectivity index (χ4n) is 3.14. The molecule has 0 fully saturated rings. The molecule has 3 heterocycles. The predicted octanol–water partition coefficient (Wildman–Crippen LogP) is 3.32. The number of ether oxygens (including phenoxy) is 1. The van der Waals surface area contributed by atoms with Crippen molar-refractivity contribution in [3.8, 4) is 21.5 Å². The standard InChI is InChI=1S/C19H20ClN5O3S/c1-10(2)28-16-6-4-11(7-13(16)20)17-22-23-19(29-17)25-9-12-3-5-14(18(26)27)21-8-15(12)24-25/h4,6-7,9-10,14,21H,3,5,8H2,1-2H3,(H,26,27). The molecule has 1 atom stereocenters. The van der Waals surface area contributed by atoms with Gasteiger partial charge in [0.25, 0.3) is 0 Å². The summed E-state index contributed by atoms with van der Waals surface area (Å²) in [6, 6.07) is 5.01. The van der Waals surface area contributed by atoms with Gasteiger partial charge in [0, 0.05) is 18.3 Å². The highest BCUT2D eigenvalue weighted by Crippen LogP contribution is 2.33. The number of carboxylic acid groups (broad SMARTS) is 1. The number of nitrogens with one attached hydrogen (secondary N) is 1. The first-order valence-electron chi connectivity index (χ1n) is 9.25. The predicted molar refractivity (Wildman–Crippen MR) is 110 cm³/mol. The second kappa shape index (κ2) is 8.10. The lowest BCUT2D eigenvalue weighted by molar-refractivity contribution is -0.139. The minimum atomic E-state index is -0.833. The number of hydrogen-bond donors (Lipinski definition) is 2. The van der Waals surface area contributed by atoms with E-state index in [2.05, 4.69) is 20.6 Å². The summed E-state index contributed by atoms with van der Waals surface area (Å²) in [5.74, 6) is -0.196. The van der Waals surface area contributed by atoms with E-state index in [-0.39, 0.29) is 6.10 Å². The van der Waals surface area contributed by atoms with Gasteiger partial charge in [0.1, 0.15) is 16.8 Å². The molecule has 4 rings (SSSR count). The van der Waals surface area contributed by atoms with Gasteiger partial charge in [0.2, 0.25) is 5.13 Å². The first-order valence-corrected chi connectivity index (χ1v) is 10.4. The molecule has 1 aliphatic heterocycles. The molecule has 8 nitrogen and oxygen atoms in total. The van der Waals surface area contributed by atoms with E-state index in [0.717, 1.165) is 21.8 Å². The lowest BCUT2D eigenvalue weighted by Crippen LogP contribution is -2.35. The molecule has 0 aliphatic carbocycles. The van der Waals surface area contributed by atoms with Crippen molar-refractivity contribution in [2.45, 2.75) is 45.4 Å². The molecule has 152 valence electrons. The maximum atomic E-state index is 11.2. The number of aromatic nitrogens is 4. The number of rotatable bonds is 5. The van der Waals surface area contributed by atoms with Crippen molar-refractivity contribution in [1.82, 2.24) is 25.3 Å². The topological polar surface area (TPSA) is 102 Å². The van der Waals surface area contributed by atoms with E-state index in [1.54, 1.807) is 4.68 Å². The van der Waals surface area contributed by atoms with E-state index in [0.29, 0.717) is 35.3 Å². The fourth-order valence-corrected chi connectivity index (χ4v) is 4.13. The van der Waals surface area contributed by atoms with E-state index in [1.807, 2.05) is 38.2 Å². The van der Waals surface area contributed by atoms with E-state index in [9.17, 15) is 9.90 Å². The summed E-state index contributed by atoms with van der Waals surface area (Å²) >= 11 is 7.74. The van der Waals surface area contributed by atoms with E-state index in [4.69, 9.17) is 16.3 Å². The fraction of sp³-hybridized carbons (Fsp3) is 0.368. The Bertz CT molecular complexity index is 1020. The van der Waals surface area contributed by atoms with Crippen molar-refractivity contribution < 1.29 is 14.6 Å². The molecule has 1 aliphatic rings. The Balaban J connectivity index is 1.54. The van der Waals surface area contributed by atoms with Crippen molar-refractivity contribution >= 4 is 28.9 Å². The van der Waals surface area contributed by atoms with Crippen LogP contribution in [0, 0.1) is 0 Å². The Hall–Kier alpha value is -2.49. The molecule has 0 amide bonds. The van der Waals surface area contributed by atoms with Crippen LogP contribution in [0.1, 0.15) is 31.5 Å². The zero-order chi connectivity index (χ0) is 20.5. The number of carbonyl (C=O) groups is 1. The third kappa shape index (κ3) is 4.26. The number of aliphatic carboxylic acids is 1. The van der Waals surface area contributed by atoms with Crippen LogP contribution in [-0.2, 0) is 17.8 Å². The third-order valence-corrected chi connectivity index (χ3v) is 5.80. The van der Waals surface area contributed by atoms with Crippen molar-refractivity contribution in [2.24, 2.45) is 0 Å². The van der Waals surface area contributed by atoms with Crippen LogP contribution in [0.25, 0.3) is 15.7 Å². The zero-order valence-corrected chi connectivity index (χ0v) is 17.5. The molecule has 29 heavy (non-hydrogen) atoms. The quantitative estimate of drug-likeness (QED) is 0.636. The molecule has 0 saturated carbocycles. The lowest BCUT2D eigenvalue weighted by atomic mass is 10.1.